The Morgan fingerprint density at radius 1 is 1.35 bits per heavy atom. The van der Waals surface area contributed by atoms with Gasteiger partial charge in [-0.15, -0.1) is 0 Å². The van der Waals surface area contributed by atoms with Crippen LogP contribution in [0.5, 0.6) is 17.2 Å². The molecule has 2 aromatic carbocycles. The van der Waals surface area contributed by atoms with Crippen molar-refractivity contribution in [2.45, 2.75) is 13.2 Å². The van der Waals surface area contributed by atoms with Crippen LogP contribution in [-0.4, -0.2) is 30.0 Å². The number of hydrogen-bond acceptors (Lipinski definition) is 6. The molecule has 10 heteroatoms. The minimum absolute atomic E-state index is 0.0751. The van der Waals surface area contributed by atoms with E-state index in [0.717, 1.165) is 6.07 Å². The van der Waals surface area contributed by atoms with Crippen LogP contribution in [0.4, 0.5) is 14.5 Å². The van der Waals surface area contributed by atoms with Gasteiger partial charge in [-0.3, -0.25) is 15.1 Å². The van der Waals surface area contributed by atoms with Gasteiger partial charge in [-0.05, 0) is 23.8 Å². The van der Waals surface area contributed by atoms with Crippen molar-refractivity contribution < 1.29 is 28.3 Å². The fraction of sp³-hybridized carbons (Fsp3) is 0.188. The maximum Gasteiger partial charge on any atom is 0.387 e. The Morgan fingerprint density at radius 2 is 2.08 bits per heavy atom. The monoisotopic (exact) mass is 386 g/mol. The number of nitro benzene ring substituents is 1. The molecule has 0 heterocycles. The Balaban J connectivity index is 2.20. The van der Waals surface area contributed by atoms with Crippen LogP contribution >= 0.6 is 11.6 Å². The van der Waals surface area contributed by atoms with Crippen molar-refractivity contribution in [3.8, 4) is 17.2 Å². The summed E-state index contributed by atoms with van der Waals surface area (Å²) in [5.41, 5.74) is 0.152. The lowest BCUT2D eigenvalue weighted by Gasteiger charge is -2.10. The number of methoxy groups -OCH3 is 1. The van der Waals surface area contributed by atoms with Crippen LogP contribution < -0.4 is 9.47 Å². The van der Waals surface area contributed by atoms with Gasteiger partial charge in [0.25, 0.3) is 0 Å². The lowest BCUT2D eigenvalue weighted by molar-refractivity contribution is -0.385. The Kier molecular flexibility index (Phi) is 6.29. The van der Waals surface area contributed by atoms with Crippen LogP contribution in [0, 0.1) is 10.1 Å². The number of alkyl halides is 2. The molecule has 0 aromatic heterocycles. The van der Waals surface area contributed by atoms with Crippen molar-refractivity contribution in [3.05, 3.63) is 56.6 Å². The number of nitro groups is 1. The van der Waals surface area contributed by atoms with Crippen molar-refractivity contribution in [3.63, 3.8) is 0 Å². The van der Waals surface area contributed by atoms with Crippen LogP contribution in [0.15, 0.2) is 35.3 Å². The molecule has 0 bridgehead atoms. The van der Waals surface area contributed by atoms with Crippen molar-refractivity contribution >= 4 is 23.5 Å². The maximum atomic E-state index is 12.3. The van der Waals surface area contributed by atoms with Crippen molar-refractivity contribution in [1.29, 1.82) is 0 Å². The van der Waals surface area contributed by atoms with E-state index in [-0.39, 0.29) is 28.6 Å². The van der Waals surface area contributed by atoms with Gasteiger partial charge >= 0.3 is 12.3 Å². The molecule has 2 rings (SSSR count). The van der Waals surface area contributed by atoms with Gasteiger partial charge in [0.05, 0.1) is 18.6 Å². The summed E-state index contributed by atoms with van der Waals surface area (Å²) < 4.78 is 33.9. The first kappa shape index (κ1) is 19.4. The molecular formula is C16H13ClF2N2O5. The Bertz CT molecular complexity index is 846. The summed E-state index contributed by atoms with van der Waals surface area (Å²) in [5.74, 6) is -0.556. The van der Waals surface area contributed by atoms with Crippen LogP contribution in [-0.2, 0) is 6.54 Å². The standard InChI is InChI=1S/C16H13ClF2N2O5/c1-25-14-4-9(2-3-13(14)26-16(18)19)7-20-8-10-5-11(17)6-12(15(10)22)21(23)24/h2-6,8,16,22H,7H2,1H3. The zero-order valence-electron chi connectivity index (χ0n) is 13.4. The van der Waals surface area contributed by atoms with E-state index in [1.54, 1.807) is 0 Å². The third-order valence-corrected chi connectivity index (χ3v) is 3.45. The molecule has 1 N–H and O–H groups in total. The molecule has 0 spiro atoms. The number of phenolic OH excluding ortho intramolecular Hbond substituents is 1. The molecule has 7 nitrogen and oxygen atoms in total. The van der Waals surface area contributed by atoms with E-state index in [2.05, 4.69) is 9.73 Å². The van der Waals surface area contributed by atoms with E-state index in [1.807, 2.05) is 0 Å². The second-order valence-electron chi connectivity index (χ2n) is 4.95. The molecule has 26 heavy (non-hydrogen) atoms. The SMILES string of the molecule is COc1cc(CN=Cc2cc(Cl)cc([N+](=O)[O-])c2O)ccc1OC(F)F. The normalized spacial score (nSPS) is 11.1. The Morgan fingerprint density at radius 3 is 2.69 bits per heavy atom. The quantitative estimate of drug-likeness (QED) is 0.437. The lowest BCUT2D eigenvalue weighted by atomic mass is 10.1. The van der Waals surface area contributed by atoms with Crippen LogP contribution in [0.3, 0.4) is 0 Å². The smallest absolute Gasteiger partial charge is 0.387 e. The van der Waals surface area contributed by atoms with E-state index in [9.17, 15) is 24.0 Å². The molecule has 2 aromatic rings. The zero-order valence-corrected chi connectivity index (χ0v) is 14.1. The third kappa shape index (κ3) is 4.79. The number of nitrogens with zero attached hydrogens (tertiary/aromatic N) is 2. The highest BCUT2D eigenvalue weighted by molar-refractivity contribution is 6.31. The minimum atomic E-state index is -2.98. The summed E-state index contributed by atoms with van der Waals surface area (Å²) in [4.78, 5) is 14.2. The summed E-state index contributed by atoms with van der Waals surface area (Å²) in [6.07, 6.45) is 1.23. The Hall–Kier alpha value is -2.94. The average Bonchev–Trinajstić information content (AvgIpc) is 2.58. The molecular weight excluding hydrogens is 374 g/mol. The predicted octanol–water partition coefficient (Wildman–Crippen LogP) is 4.18. The molecule has 0 atom stereocenters. The third-order valence-electron chi connectivity index (χ3n) is 3.23. The first-order valence-electron chi connectivity index (χ1n) is 7.10. The summed E-state index contributed by atoms with van der Waals surface area (Å²) in [6, 6.07) is 6.65. The van der Waals surface area contributed by atoms with Crippen molar-refractivity contribution in [2.24, 2.45) is 4.99 Å². The van der Waals surface area contributed by atoms with Gasteiger partial charge in [-0.25, -0.2) is 0 Å². The van der Waals surface area contributed by atoms with Crippen LogP contribution in [0.25, 0.3) is 0 Å². The Labute approximate surface area is 151 Å². The highest BCUT2D eigenvalue weighted by atomic mass is 35.5. The second-order valence-corrected chi connectivity index (χ2v) is 5.39. The fourth-order valence-electron chi connectivity index (χ4n) is 2.10. The number of halogens is 3. The van der Waals surface area contributed by atoms with Crippen molar-refractivity contribution in [2.75, 3.05) is 7.11 Å². The molecule has 0 aliphatic rings. The van der Waals surface area contributed by atoms with Gasteiger partial charge in [0.15, 0.2) is 11.5 Å². The first-order valence-corrected chi connectivity index (χ1v) is 7.48. The minimum Gasteiger partial charge on any atom is -0.502 e. The number of aromatic hydroxyl groups is 1. The van der Waals surface area contributed by atoms with Gasteiger partial charge in [0.2, 0.25) is 5.75 Å². The number of aliphatic imine (C=N–C) groups is 1. The van der Waals surface area contributed by atoms with Crippen LogP contribution in [0.1, 0.15) is 11.1 Å². The van der Waals surface area contributed by atoms with Gasteiger partial charge in [0.1, 0.15) is 0 Å². The van der Waals surface area contributed by atoms with E-state index in [0.29, 0.717) is 5.56 Å². The highest BCUT2D eigenvalue weighted by Crippen LogP contribution is 2.32. The fourth-order valence-corrected chi connectivity index (χ4v) is 2.32. The number of benzene rings is 2. The van der Waals surface area contributed by atoms with Crippen LogP contribution in [0.2, 0.25) is 5.02 Å². The number of phenols is 1. The predicted molar refractivity (Wildman–Crippen MR) is 90.7 cm³/mol. The number of hydrogen-bond donors (Lipinski definition) is 1. The number of rotatable bonds is 7. The molecule has 0 saturated carbocycles. The first-order chi connectivity index (χ1) is 12.3. The van der Waals surface area contributed by atoms with Gasteiger partial charge < -0.3 is 14.6 Å². The van der Waals surface area contributed by atoms with E-state index in [4.69, 9.17) is 16.3 Å². The topological polar surface area (TPSA) is 94.2 Å². The molecule has 138 valence electrons. The van der Waals surface area contributed by atoms with E-state index < -0.39 is 23.0 Å². The summed E-state index contributed by atoms with van der Waals surface area (Å²) in [6.45, 7) is -2.88. The average molecular weight is 387 g/mol. The van der Waals surface area contributed by atoms with E-state index in [1.165, 1.54) is 37.6 Å². The van der Waals surface area contributed by atoms with E-state index >= 15 is 0 Å². The highest BCUT2D eigenvalue weighted by Gasteiger charge is 2.17. The molecule has 0 fully saturated rings. The molecule has 0 amide bonds. The molecule has 0 radical (unpaired) electrons. The van der Waals surface area contributed by atoms with Crippen molar-refractivity contribution in [1.82, 2.24) is 0 Å². The maximum absolute atomic E-state index is 12.3. The molecule has 0 aliphatic carbocycles. The molecule has 0 unspecified atom stereocenters. The largest absolute Gasteiger partial charge is 0.502 e. The van der Waals surface area contributed by atoms with Gasteiger partial charge in [-0.2, -0.15) is 8.78 Å². The molecule has 0 aliphatic heterocycles. The second kappa shape index (κ2) is 8.43. The molecule has 0 saturated heterocycles. The zero-order chi connectivity index (χ0) is 19.3. The summed E-state index contributed by atoms with van der Waals surface area (Å²) in [7, 11) is 1.31. The lowest BCUT2D eigenvalue weighted by Crippen LogP contribution is -2.03. The number of ether oxygens (including phenoxy) is 2. The van der Waals surface area contributed by atoms with Gasteiger partial charge in [-0.1, -0.05) is 17.7 Å². The summed E-state index contributed by atoms with van der Waals surface area (Å²) in [5, 5.41) is 20.8. The van der Waals surface area contributed by atoms with Gasteiger partial charge in [0, 0.05) is 22.9 Å². The summed E-state index contributed by atoms with van der Waals surface area (Å²) >= 11 is 5.79.